The number of nitrogens with one attached hydrogen (secondary N) is 2. The number of ether oxygens (including phenoxy) is 4. The van der Waals surface area contributed by atoms with Crippen LogP contribution in [0.15, 0.2) is 56.3 Å². The second-order valence-corrected chi connectivity index (χ2v) is 10.8. The smallest absolute Gasteiger partial charge is 0.336 e. The van der Waals surface area contributed by atoms with Gasteiger partial charge in [0.25, 0.3) is 5.91 Å². The molecule has 10 unspecified atom stereocenters. The SMILES string of the molecule is CC(=O)NC1C(Oc2ccc3c(C)cc(=O)oc3c2)OC(CO)C(OC2OC(CO)C(O)C(O)C2NC(=O)c2ccco2)C1O. The minimum Gasteiger partial charge on any atom is -0.462 e. The summed E-state index contributed by atoms with van der Waals surface area (Å²) in [7, 11) is 0. The van der Waals surface area contributed by atoms with Gasteiger partial charge in [-0.15, -0.1) is 0 Å². The van der Waals surface area contributed by atoms with E-state index in [1.54, 1.807) is 19.1 Å². The van der Waals surface area contributed by atoms with E-state index in [0.29, 0.717) is 10.9 Å². The Bertz CT molecular complexity index is 1540. The Morgan fingerprint density at radius 2 is 1.62 bits per heavy atom. The Balaban J connectivity index is 1.41. The lowest BCUT2D eigenvalue weighted by Crippen LogP contribution is -2.69. The average Bonchev–Trinajstić information content (AvgIpc) is 3.54. The van der Waals surface area contributed by atoms with E-state index in [1.807, 2.05) is 0 Å². The van der Waals surface area contributed by atoms with Crippen LogP contribution in [0.5, 0.6) is 5.75 Å². The first-order valence-corrected chi connectivity index (χ1v) is 14.1. The molecule has 244 valence electrons. The highest BCUT2D eigenvalue weighted by Crippen LogP contribution is 2.31. The average molecular weight is 635 g/mol. The highest BCUT2D eigenvalue weighted by molar-refractivity contribution is 5.91. The highest BCUT2D eigenvalue weighted by atomic mass is 16.7. The van der Waals surface area contributed by atoms with Crippen molar-refractivity contribution in [3.05, 3.63) is 64.4 Å². The summed E-state index contributed by atoms with van der Waals surface area (Å²) in [5.74, 6) is -1.34. The van der Waals surface area contributed by atoms with Crippen molar-refractivity contribution >= 4 is 22.8 Å². The van der Waals surface area contributed by atoms with E-state index in [9.17, 15) is 39.9 Å². The van der Waals surface area contributed by atoms with Crippen LogP contribution in [-0.4, -0.2) is 112 Å². The van der Waals surface area contributed by atoms with E-state index in [0.717, 1.165) is 0 Å². The Kier molecular flexibility index (Phi) is 9.85. The number of aliphatic hydroxyl groups is 5. The zero-order chi connectivity index (χ0) is 32.4. The van der Waals surface area contributed by atoms with Crippen LogP contribution in [0.2, 0.25) is 0 Å². The molecule has 7 N–H and O–H groups in total. The van der Waals surface area contributed by atoms with Crippen molar-refractivity contribution in [3.63, 3.8) is 0 Å². The first kappa shape index (κ1) is 32.5. The van der Waals surface area contributed by atoms with Crippen LogP contribution < -0.4 is 21.0 Å². The molecule has 2 aliphatic heterocycles. The largest absolute Gasteiger partial charge is 0.462 e. The van der Waals surface area contributed by atoms with Crippen LogP contribution in [0, 0.1) is 6.92 Å². The summed E-state index contributed by atoms with van der Waals surface area (Å²) in [5.41, 5.74) is 0.335. The lowest BCUT2D eigenvalue weighted by molar-refractivity contribution is -0.324. The number of hydrogen-bond donors (Lipinski definition) is 7. The van der Waals surface area contributed by atoms with Gasteiger partial charge in [0, 0.05) is 24.4 Å². The maximum atomic E-state index is 12.7. The Morgan fingerprint density at radius 3 is 2.29 bits per heavy atom. The molecule has 3 aromatic rings. The third kappa shape index (κ3) is 6.87. The van der Waals surface area contributed by atoms with Gasteiger partial charge >= 0.3 is 5.63 Å². The van der Waals surface area contributed by atoms with E-state index < -0.39 is 91.9 Å². The number of amides is 2. The van der Waals surface area contributed by atoms with Gasteiger partial charge in [-0.2, -0.15) is 0 Å². The summed E-state index contributed by atoms with van der Waals surface area (Å²) in [4.78, 5) is 36.8. The van der Waals surface area contributed by atoms with Crippen LogP contribution in [0.25, 0.3) is 11.0 Å². The Morgan fingerprint density at radius 1 is 0.911 bits per heavy atom. The molecule has 16 heteroatoms. The van der Waals surface area contributed by atoms with Gasteiger partial charge in [0.2, 0.25) is 12.2 Å². The fourth-order valence-electron chi connectivity index (χ4n) is 5.37. The summed E-state index contributed by atoms with van der Waals surface area (Å²) < 4.78 is 33.9. The minimum atomic E-state index is -1.71. The van der Waals surface area contributed by atoms with E-state index in [2.05, 4.69) is 10.6 Å². The third-order valence-corrected chi connectivity index (χ3v) is 7.61. The molecule has 45 heavy (non-hydrogen) atoms. The molecule has 2 aliphatic rings. The monoisotopic (exact) mass is 634 g/mol. The Hall–Kier alpha value is -3.87. The van der Waals surface area contributed by atoms with Crippen LogP contribution >= 0.6 is 0 Å². The van der Waals surface area contributed by atoms with Gasteiger partial charge in [-0.25, -0.2) is 4.79 Å². The standard InChI is InChI=1S/C29H34N2O14/c1-12-8-20(35)42-17-9-14(5-6-15(12)17)41-28-22(30-13(2)34)25(38)26(19(11-33)44-28)45-29-21(24(37)23(36)18(10-32)43-29)31-27(39)16-4-3-7-40-16/h3-9,18-19,21-26,28-29,32-33,36-38H,10-11H2,1-2H3,(H,30,34)(H,31,39). The Labute approximate surface area is 255 Å². The molecule has 2 fully saturated rings. The molecular weight excluding hydrogens is 600 g/mol. The number of rotatable bonds is 9. The van der Waals surface area contributed by atoms with E-state index >= 15 is 0 Å². The maximum Gasteiger partial charge on any atom is 0.336 e. The van der Waals surface area contributed by atoms with Crippen molar-refractivity contribution in [2.24, 2.45) is 0 Å². The quantitative estimate of drug-likeness (QED) is 0.130. The van der Waals surface area contributed by atoms with Gasteiger partial charge in [0.05, 0.1) is 19.5 Å². The van der Waals surface area contributed by atoms with Crippen molar-refractivity contribution < 1.29 is 62.9 Å². The van der Waals surface area contributed by atoms with Crippen LogP contribution in [0.1, 0.15) is 23.0 Å². The first-order chi connectivity index (χ1) is 21.5. The molecule has 0 spiro atoms. The molecule has 0 saturated carbocycles. The second kappa shape index (κ2) is 13.6. The topological polar surface area (TPSA) is 240 Å². The van der Waals surface area contributed by atoms with Crippen molar-refractivity contribution in [1.82, 2.24) is 10.6 Å². The maximum absolute atomic E-state index is 12.7. The van der Waals surface area contributed by atoms with Gasteiger partial charge < -0.3 is 63.9 Å². The zero-order valence-corrected chi connectivity index (χ0v) is 24.1. The summed E-state index contributed by atoms with van der Waals surface area (Å²) in [6, 6.07) is 6.05. The van der Waals surface area contributed by atoms with E-state index in [-0.39, 0.29) is 17.1 Å². The van der Waals surface area contributed by atoms with Crippen LogP contribution in [-0.2, 0) is 19.0 Å². The molecule has 0 bridgehead atoms. The number of carbonyl (C=O) groups excluding carboxylic acids is 2. The van der Waals surface area contributed by atoms with Crippen LogP contribution in [0.4, 0.5) is 0 Å². The molecule has 16 nitrogen and oxygen atoms in total. The van der Waals surface area contributed by atoms with E-state index in [1.165, 1.54) is 37.5 Å². The van der Waals surface area contributed by atoms with Gasteiger partial charge in [0.15, 0.2) is 12.1 Å². The minimum absolute atomic E-state index is 0.122. The molecule has 2 aromatic heterocycles. The van der Waals surface area contributed by atoms with Gasteiger partial charge in [-0.3, -0.25) is 9.59 Å². The molecule has 4 heterocycles. The summed E-state index contributed by atoms with van der Waals surface area (Å²) in [6.07, 6.45) is -10.9. The van der Waals surface area contributed by atoms with Gasteiger partial charge in [-0.1, -0.05) is 0 Å². The predicted octanol–water partition coefficient (Wildman–Crippen LogP) is -1.72. The van der Waals surface area contributed by atoms with Crippen molar-refractivity contribution in [2.75, 3.05) is 13.2 Å². The lowest BCUT2D eigenvalue weighted by atomic mass is 9.94. The van der Waals surface area contributed by atoms with Crippen molar-refractivity contribution in [1.29, 1.82) is 0 Å². The second-order valence-electron chi connectivity index (χ2n) is 10.8. The zero-order valence-electron chi connectivity index (χ0n) is 24.1. The number of aliphatic hydroxyl groups excluding tert-OH is 5. The number of fused-ring (bicyclic) bond motifs is 1. The molecule has 10 atom stereocenters. The third-order valence-electron chi connectivity index (χ3n) is 7.61. The summed E-state index contributed by atoms with van der Waals surface area (Å²) >= 11 is 0. The highest BCUT2D eigenvalue weighted by Gasteiger charge is 2.52. The number of aryl methyl sites for hydroxylation is 1. The predicted molar refractivity (Wildman–Crippen MR) is 150 cm³/mol. The molecule has 0 aliphatic carbocycles. The number of benzene rings is 1. The number of furan rings is 1. The normalized spacial score (nSPS) is 31.8. The van der Waals surface area contributed by atoms with Gasteiger partial charge in [-0.05, 0) is 36.8 Å². The number of hydrogen-bond acceptors (Lipinski definition) is 14. The van der Waals surface area contributed by atoms with Crippen LogP contribution in [0.3, 0.4) is 0 Å². The molecular formula is C29H34N2O14. The molecule has 2 saturated heterocycles. The first-order valence-electron chi connectivity index (χ1n) is 14.1. The molecule has 1 aromatic carbocycles. The molecule has 2 amide bonds. The van der Waals surface area contributed by atoms with Gasteiger partial charge in [0.1, 0.15) is 60.0 Å². The summed E-state index contributed by atoms with van der Waals surface area (Å²) in [6.45, 7) is 1.47. The molecule has 0 radical (unpaired) electrons. The fourth-order valence-corrected chi connectivity index (χ4v) is 5.37. The van der Waals surface area contributed by atoms with Crippen molar-refractivity contribution in [2.45, 2.75) is 75.1 Å². The summed E-state index contributed by atoms with van der Waals surface area (Å²) in [5, 5.41) is 58.4. The molecule has 5 rings (SSSR count). The van der Waals surface area contributed by atoms with Crippen molar-refractivity contribution in [3.8, 4) is 5.75 Å². The van der Waals surface area contributed by atoms with E-state index in [4.69, 9.17) is 27.8 Å². The number of carbonyl (C=O) groups is 2. The lowest BCUT2D eigenvalue weighted by Gasteiger charge is -2.48. The fraction of sp³-hybridized carbons (Fsp3) is 0.483.